The van der Waals surface area contributed by atoms with Crippen LogP contribution in [0.4, 0.5) is 10.1 Å². The first-order valence-corrected chi connectivity index (χ1v) is 5.54. The molecule has 94 valence electrons. The molecule has 2 rings (SSSR count). The molecule has 0 radical (unpaired) electrons. The van der Waals surface area contributed by atoms with E-state index in [1.165, 1.54) is 19.2 Å². The van der Waals surface area contributed by atoms with E-state index in [2.05, 4.69) is 0 Å². The first kappa shape index (κ1) is 12.5. The van der Waals surface area contributed by atoms with Crippen LogP contribution in [0.15, 0.2) is 36.4 Å². The van der Waals surface area contributed by atoms with Crippen LogP contribution in [0.5, 0.6) is 17.2 Å². The van der Waals surface area contributed by atoms with Gasteiger partial charge in [0.05, 0.1) is 12.1 Å². The summed E-state index contributed by atoms with van der Waals surface area (Å²) < 4.78 is 24.1. The van der Waals surface area contributed by atoms with Crippen molar-refractivity contribution in [1.82, 2.24) is 0 Å². The van der Waals surface area contributed by atoms with Crippen molar-refractivity contribution in [2.75, 3.05) is 12.8 Å². The Kier molecular flexibility index (Phi) is 3.58. The lowest BCUT2D eigenvalue weighted by Crippen LogP contribution is -1.93. The monoisotopic (exact) mass is 267 g/mol. The zero-order valence-electron chi connectivity index (χ0n) is 9.61. The molecule has 18 heavy (non-hydrogen) atoms. The summed E-state index contributed by atoms with van der Waals surface area (Å²) in [4.78, 5) is 0. The first-order chi connectivity index (χ1) is 8.60. The van der Waals surface area contributed by atoms with Crippen molar-refractivity contribution in [3.63, 3.8) is 0 Å². The van der Waals surface area contributed by atoms with E-state index < -0.39 is 5.82 Å². The van der Waals surface area contributed by atoms with Gasteiger partial charge in [0, 0.05) is 23.9 Å². The Hall–Kier alpha value is -1.94. The van der Waals surface area contributed by atoms with E-state index in [4.69, 9.17) is 26.8 Å². The van der Waals surface area contributed by atoms with Gasteiger partial charge in [-0.15, -0.1) is 0 Å². The quantitative estimate of drug-likeness (QED) is 0.859. The number of benzene rings is 2. The van der Waals surface area contributed by atoms with Crippen LogP contribution in [0.25, 0.3) is 0 Å². The molecule has 0 aliphatic rings. The molecule has 2 aromatic rings. The van der Waals surface area contributed by atoms with Crippen LogP contribution in [0, 0.1) is 5.82 Å². The average molecular weight is 268 g/mol. The zero-order valence-corrected chi connectivity index (χ0v) is 10.4. The molecule has 0 aliphatic carbocycles. The Labute approximate surface area is 109 Å². The summed E-state index contributed by atoms with van der Waals surface area (Å²) >= 11 is 5.67. The average Bonchev–Trinajstić information content (AvgIpc) is 2.34. The fourth-order valence-corrected chi connectivity index (χ4v) is 1.63. The maximum Gasteiger partial charge on any atom is 0.184 e. The Morgan fingerprint density at radius 1 is 1.17 bits per heavy atom. The minimum Gasteiger partial charge on any atom is -0.497 e. The highest BCUT2D eigenvalue weighted by molar-refractivity contribution is 6.30. The van der Waals surface area contributed by atoms with Gasteiger partial charge in [-0.3, -0.25) is 0 Å². The highest BCUT2D eigenvalue weighted by Gasteiger charge is 2.09. The van der Waals surface area contributed by atoms with Gasteiger partial charge in [0.1, 0.15) is 11.5 Å². The maximum absolute atomic E-state index is 13.7. The second kappa shape index (κ2) is 5.14. The molecule has 0 heterocycles. The van der Waals surface area contributed by atoms with Gasteiger partial charge in [0.15, 0.2) is 11.6 Å². The number of ether oxygens (including phenoxy) is 2. The van der Waals surface area contributed by atoms with Crippen molar-refractivity contribution in [2.24, 2.45) is 0 Å². The lowest BCUT2D eigenvalue weighted by molar-refractivity contribution is 0.405. The molecule has 0 amide bonds. The number of nitrogens with two attached hydrogens (primary N) is 1. The standard InChI is InChI=1S/C13H11ClFNO2/c1-17-9-5-8(16)6-10(7-9)18-12-4-2-3-11(14)13(12)15/h2-7H,16H2,1H3. The third-order valence-electron chi connectivity index (χ3n) is 2.28. The molecule has 0 saturated carbocycles. The minimum atomic E-state index is -0.611. The van der Waals surface area contributed by atoms with E-state index in [1.807, 2.05) is 0 Å². The van der Waals surface area contributed by atoms with Crippen LogP contribution < -0.4 is 15.2 Å². The zero-order chi connectivity index (χ0) is 13.1. The molecular formula is C13H11ClFNO2. The molecule has 0 atom stereocenters. The van der Waals surface area contributed by atoms with Crippen molar-refractivity contribution >= 4 is 17.3 Å². The molecule has 0 fully saturated rings. The molecule has 0 aliphatic heterocycles. The summed E-state index contributed by atoms with van der Waals surface area (Å²) in [6.45, 7) is 0. The number of methoxy groups -OCH3 is 1. The van der Waals surface area contributed by atoms with E-state index in [-0.39, 0.29) is 10.8 Å². The van der Waals surface area contributed by atoms with Crippen LogP contribution in [0.2, 0.25) is 5.02 Å². The number of hydrogen-bond donors (Lipinski definition) is 1. The molecule has 0 unspecified atom stereocenters. The molecular weight excluding hydrogens is 257 g/mol. The topological polar surface area (TPSA) is 44.5 Å². The molecule has 0 saturated heterocycles. The number of halogens is 2. The van der Waals surface area contributed by atoms with Crippen molar-refractivity contribution in [3.8, 4) is 17.2 Å². The smallest absolute Gasteiger partial charge is 0.184 e. The molecule has 0 aromatic heterocycles. The summed E-state index contributed by atoms with van der Waals surface area (Å²) in [6, 6.07) is 9.35. The molecule has 2 N–H and O–H groups in total. The van der Waals surface area contributed by atoms with Gasteiger partial charge in [-0.05, 0) is 12.1 Å². The molecule has 0 spiro atoms. The predicted molar refractivity (Wildman–Crippen MR) is 68.9 cm³/mol. The Balaban J connectivity index is 2.34. The maximum atomic E-state index is 13.7. The van der Waals surface area contributed by atoms with E-state index in [9.17, 15) is 4.39 Å². The summed E-state index contributed by atoms with van der Waals surface area (Å²) in [7, 11) is 1.51. The third-order valence-corrected chi connectivity index (χ3v) is 2.57. The fraction of sp³-hybridized carbons (Fsp3) is 0.0769. The number of anilines is 1. The lowest BCUT2D eigenvalue weighted by Gasteiger charge is -2.09. The SMILES string of the molecule is COc1cc(N)cc(Oc2cccc(Cl)c2F)c1. The van der Waals surface area contributed by atoms with Gasteiger partial charge >= 0.3 is 0 Å². The van der Waals surface area contributed by atoms with E-state index in [0.717, 1.165) is 0 Å². The van der Waals surface area contributed by atoms with Crippen molar-refractivity contribution < 1.29 is 13.9 Å². The number of nitrogen functional groups attached to an aromatic ring is 1. The summed E-state index contributed by atoms with van der Waals surface area (Å²) in [5, 5.41) is 0.00312. The van der Waals surface area contributed by atoms with Gasteiger partial charge in [0.2, 0.25) is 0 Å². The van der Waals surface area contributed by atoms with Crippen LogP contribution in [0.3, 0.4) is 0 Å². The fourth-order valence-electron chi connectivity index (χ4n) is 1.46. The normalized spacial score (nSPS) is 10.2. The first-order valence-electron chi connectivity index (χ1n) is 5.16. The largest absolute Gasteiger partial charge is 0.497 e. The van der Waals surface area contributed by atoms with Gasteiger partial charge in [-0.25, -0.2) is 4.39 Å². The predicted octanol–water partition coefficient (Wildman–Crippen LogP) is 3.86. The van der Waals surface area contributed by atoms with Crippen molar-refractivity contribution in [1.29, 1.82) is 0 Å². The summed E-state index contributed by atoms with van der Waals surface area (Å²) in [5.74, 6) is 0.344. The number of hydrogen-bond acceptors (Lipinski definition) is 3. The number of rotatable bonds is 3. The van der Waals surface area contributed by atoms with Gasteiger partial charge < -0.3 is 15.2 Å². The molecule has 3 nitrogen and oxygen atoms in total. The lowest BCUT2D eigenvalue weighted by atomic mass is 10.3. The van der Waals surface area contributed by atoms with Crippen molar-refractivity contribution in [3.05, 3.63) is 47.2 Å². The van der Waals surface area contributed by atoms with Crippen molar-refractivity contribution in [2.45, 2.75) is 0 Å². The van der Waals surface area contributed by atoms with Crippen LogP contribution in [0.1, 0.15) is 0 Å². The Bertz CT molecular complexity index is 575. The van der Waals surface area contributed by atoms with Crippen LogP contribution in [-0.4, -0.2) is 7.11 Å². The van der Waals surface area contributed by atoms with Gasteiger partial charge in [-0.1, -0.05) is 17.7 Å². The third kappa shape index (κ3) is 2.65. The second-order valence-corrected chi connectivity index (χ2v) is 4.00. The van der Waals surface area contributed by atoms with E-state index in [1.54, 1.807) is 24.3 Å². The van der Waals surface area contributed by atoms with Crippen LogP contribution in [-0.2, 0) is 0 Å². The van der Waals surface area contributed by atoms with E-state index in [0.29, 0.717) is 17.2 Å². The Morgan fingerprint density at radius 2 is 1.89 bits per heavy atom. The van der Waals surface area contributed by atoms with Gasteiger partial charge in [-0.2, -0.15) is 0 Å². The van der Waals surface area contributed by atoms with Crippen LogP contribution >= 0.6 is 11.6 Å². The highest BCUT2D eigenvalue weighted by Crippen LogP contribution is 2.31. The molecule has 5 heteroatoms. The molecule has 0 bridgehead atoms. The van der Waals surface area contributed by atoms with E-state index >= 15 is 0 Å². The Morgan fingerprint density at radius 3 is 2.61 bits per heavy atom. The highest BCUT2D eigenvalue weighted by atomic mass is 35.5. The van der Waals surface area contributed by atoms with Gasteiger partial charge in [0.25, 0.3) is 0 Å². The summed E-state index contributed by atoms with van der Waals surface area (Å²) in [5.41, 5.74) is 6.14. The second-order valence-electron chi connectivity index (χ2n) is 3.60. The minimum absolute atomic E-state index is 0.00312. The molecule has 2 aromatic carbocycles. The summed E-state index contributed by atoms with van der Waals surface area (Å²) in [6.07, 6.45) is 0.